The molecule has 0 spiro atoms. The minimum atomic E-state index is -4.92. The zero-order valence-electron chi connectivity index (χ0n) is 19.4. The average Bonchev–Trinajstić information content (AvgIpc) is 3.07. The van der Waals surface area contributed by atoms with Crippen molar-refractivity contribution in [3.63, 3.8) is 0 Å². The number of carbonyl (C=O) groups excluding carboxylic acids is 1. The van der Waals surface area contributed by atoms with Crippen molar-refractivity contribution in [3.05, 3.63) is 41.2 Å². The van der Waals surface area contributed by atoms with Crippen molar-refractivity contribution < 1.29 is 78.0 Å². The predicted octanol–water partition coefficient (Wildman–Crippen LogP) is 0.595. The van der Waals surface area contributed by atoms with Crippen LogP contribution < -0.4 is 53.0 Å². The number of carbonyl (C=O) groups is 1. The Morgan fingerprint density at radius 3 is 1.97 bits per heavy atom. The van der Waals surface area contributed by atoms with Crippen LogP contribution in [0.4, 0.5) is 0 Å². The van der Waals surface area contributed by atoms with Gasteiger partial charge in [0.1, 0.15) is 5.76 Å². The van der Waals surface area contributed by atoms with Crippen molar-refractivity contribution in [2.75, 3.05) is 28.4 Å². The predicted molar refractivity (Wildman–Crippen MR) is 111 cm³/mol. The van der Waals surface area contributed by atoms with Crippen LogP contribution in [-0.4, -0.2) is 44.0 Å². The largest absolute Gasteiger partial charge is 1.00 e. The van der Waals surface area contributed by atoms with Crippen molar-refractivity contribution in [2.24, 2.45) is 0 Å². The quantitative estimate of drug-likeness (QED) is 0.270. The number of rotatable bonds is 8. The summed E-state index contributed by atoms with van der Waals surface area (Å²) in [5.41, 5.74) is 0.382. The number of phosphoric acid groups is 1. The molecule has 168 valence electrons. The smallest absolute Gasteiger partial charge is 1.00 e. The van der Waals surface area contributed by atoms with E-state index in [-0.39, 0.29) is 65.0 Å². The summed E-state index contributed by atoms with van der Waals surface area (Å²) in [6, 6.07) is 5.97. The molecule has 0 atom stereocenters. The molecule has 0 saturated carbocycles. The van der Waals surface area contributed by atoms with Gasteiger partial charge in [-0.2, -0.15) is 0 Å². The minimum Gasteiger partial charge on any atom is -1.00 e. The van der Waals surface area contributed by atoms with Crippen LogP contribution in [0.2, 0.25) is 0 Å². The molecule has 3 aromatic rings. The van der Waals surface area contributed by atoms with E-state index in [1.165, 1.54) is 46.6 Å². The van der Waals surface area contributed by atoms with Crippen LogP contribution in [0.15, 0.2) is 28.7 Å². The summed E-state index contributed by atoms with van der Waals surface area (Å²) < 4.78 is 42.9. The number of fused-ring (bicyclic) bond motifs is 1. The van der Waals surface area contributed by atoms with Gasteiger partial charge >= 0.3 is 37.4 Å². The standard InChI is InChI=1S/C20H21O10P.Na.H/c1-10-16(17(21)11-8-14(26-3)19(28-5)15(9-11)27-4)12-6-7-13(25-2)20(18(12)29-10)30-31(22,23)24;;/h6-9H,1-5H3,(H2,22,23,24);;/q;+1;-1. The molecule has 1 heterocycles. The van der Waals surface area contributed by atoms with Crippen LogP contribution in [0.3, 0.4) is 0 Å². The minimum absolute atomic E-state index is 0. The third-order valence-electron chi connectivity index (χ3n) is 4.54. The van der Waals surface area contributed by atoms with Crippen molar-refractivity contribution in [1.82, 2.24) is 0 Å². The van der Waals surface area contributed by atoms with Gasteiger partial charge in [-0.25, -0.2) is 4.57 Å². The van der Waals surface area contributed by atoms with Gasteiger partial charge in [0.25, 0.3) is 0 Å². The molecule has 0 fully saturated rings. The maximum Gasteiger partial charge on any atom is 1.00 e. The first-order chi connectivity index (χ1) is 14.6. The monoisotopic (exact) mass is 476 g/mol. The zero-order valence-corrected chi connectivity index (χ0v) is 21.3. The first kappa shape index (κ1) is 26.1. The summed E-state index contributed by atoms with van der Waals surface area (Å²) in [7, 11) is 0.704. The van der Waals surface area contributed by atoms with Gasteiger partial charge in [-0.1, -0.05) is 0 Å². The number of ether oxygens (including phenoxy) is 4. The molecule has 0 amide bonds. The third kappa shape index (κ3) is 4.91. The Bertz CT molecular complexity index is 1180. The molecule has 0 aliphatic rings. The fourth-order valence-electron chi connectivity index (χ4n) is 3.24. The van der Waals surface area contributed by atoms with E-state index in [1.54, 1.807) is 13.0 Å². The van der Waals surface area contributed by atoms with E-state index in [2.05, 4.69) is 0 Å². The van der Waals surface area contributed by atoms with Gasteiger partial charge in [0, 0.05) is 10.9 Å². The van der Waals surface area contributed by atoms with Crippen LogP contribution in [0.5, 0.6) is 28.7 Å². The summed E-state index contributed by atoms with van der Waals surface area (Å²) in [6.45, 7) is 1.55. The molecule has 0 aliphatic carbocycles. The molecule has 3 rings (SSSR count). The number of hydrogen-bond acceptors (Lipinski definition) is 8. The van der Waals surface area contributed by atoms with Gasteiger partial charge in [0.15, 0.2) is 28.6 Å². The number of hydrogen-bond donors (Lipinski definition) is 2. The van der Waals surface area contributed by atoms with Gasteiger partial charge in [-0.3, -0.25) is 14.6 Å². The van der Waals surface area contributed by atoms with Crippen molar-refractivity contribution in [3.8, 4) is 28.7 Å². The maximum atomic E-state index is 13.4. The van der Waals surface area contributed by atoms with Crippen LogP contribution in [-0.2, 0) is 4.57 Å². The van der Waals surface area contributed by atoms with E-state index in [9.17, 15) is 19.1 Å². The number of furan rings is 1. The Kier molecular flexibility index (Phi) is 8.27. The fourth-order valence-corrected chi connectivity index (χ4v) is 3.65. The maximum absolute atomic E-state index is 13.4. The molecule has 0 radical (unpaired) electrons. The second kappa shape index (κ2) is 10.2. The normalized spacial score (nSPS) is 11.0. The number of phosphoric ester groups is 1. The Labute approximate surface area is 207 Å². The Morgan fingerprint density at radius 1 is 0.938 bits per heavy atom. The summed E-state index contributed by atoms with van der Waals surface area (Å²) in [6.07, 6.45) is 0. The third-order valence-corrected chi connectivity index (χ3v) is 4.96. The Morgan fingerprint density at radius 2 is 1.50 bits per heavy atom. The first-order valence-electron chi connectivity index (χ1n) is 8.85. The van der Waals surface area contributed by atoms with Gasteiger partial charge in [0.05, 0.1) is 34.0 Å². The average molecular weight is 476 g/mol. The molecule has 0 aliphatic heterocycles. The molecule has 32 heavy (non-hydrogen) atoms. The van der Waals surface area contributed by atoms with E-state index >= 15 is 0 Å². The molecule has 0 unspecified atom stereocenters. The second-order valence-corrected chi connectivity index (χ2v) is 7.50. The van der Waals surface area contributed by atoms with Crippen molar-refractivity contribution >= 4 is 24.6 Å². The number of methoxy groups -OCH3 is 4. The molecule has 0 bridgehead atoms. The molecule has 2 aromatic carbocycles. The van der Waals surface area contributed by atoms with E-state index in [4.69, 9.17) is 27.9 Å². The summed E-state index contributed by atoms with van der Waals surface area (Å²) in [4.78, 5) is 31.9. The van der Waals surface area contributed by atoms with Crippen LogP contribution in [0.1, 0.15) is 23.1 Å². The number of aryl methyl sites for hydroxylation is 1. The van der Waals surface area contributed by atoms with Gasteiger partial charge in [-0.15, -0.1) is 0 Å². The van der Waals surface area contributed by atoms with Gasteiger partial charge in [0.2, 0.25) is 11.5 Å². The molecular formula is C20H22NaO10P. The SMILES string of the molecule is COc1cc(C(=O)c2c(C)oc3c(OP(=O)(O)O)c(OC)ccc23)cc(OC)c1OC.[H-].[Na+]. The van der Waals surface area contributed by atoms with E-state index < -0.39 is 13.6 Å². The topological polar surface area (TPSA) is 134 Å². The van der Waals surface area contributed by atoms with Gasteiger partial charge in [-0.05, 0) is 31.2 Å². The Hall–Kier alpha value is -2.20. The van der Waals surface area contributed by atoms with E-state index in [0.717, 1.165) is 0 Å². The molecule has 1 aromatic heterocycles. The molecule has 0 saturated heterocycles. The zero-order chi connectivity index (χ0) is 22.9. The second-order valence-electron chi connectivity index (χ2n) is 6.33. The fraction of sp³-hybridized carbons (Fsp3) is 0.250. The number of ketones is 1. The Balaban J connectivity index is 0.00000272. The van der Waals surface area contributed by atoms with E-state index in [1.807, 2.05) is 0 Å². The van der Waals surface area contributed by atoms with Crippen molar-refractivity contribution in [1.29, 1.82) is 0 Å². The summed E-state index contributed by atoms with van der Waals surface area (Å²) in [5, 5.41) is 0.292. The van der Waals surface area contributed by atoms with Crippen molar-refractivity contribution in [2.45, 2.75) is 6.92 Å². The summed E-state index contributed by atoms with van der Waals surface area (Å²) >= 11 is 0. The van der Waals surface area contributed by atoms with Crippen LogP contribution in [0.25, 0.3) is 11.0 Å². The number of benzene rings is 2. The molecule has 10 nitrogen and oxygen atoms in total. The van der Waals surface area contributed by atoms with E-state index in [0.29, 0.717) is 22.6 Å². The first-order valence-corrected chi connectivity index (χ1v) is 10.4. The van der Waals surface area contributed by atoms with Crippen LogP contribution >= 0.6 is 7.82 Å². The van der Waals surface area contributed by atoms with Crippen LogP contribution in [0, 0.1) is 6.92 Å². The molecular weight excluding hydrogens is 454 g/mol. The summed E-state index contributed by atoms with van der Waals surface area (Å²) in [5.74, 6) is 0.445. The molecule has 2 N–H and O–H groups in total. The van der Waals surface area contributed by atoms with Gasteiger partial charge < -0.3 is 29.3 Å². The molecule has 12 heteroatoms.